The summed E-state index contributed by atoms with van der Waals surface area (Å²) in [5.41, 5.74) is -2.83. The van der Waals surface area contributed by atoms with Crippen molar-refractivity contribution in [3.63, 3.8) is 0 Å². The summed E-state index contributed by atoms with van der Waals surface area (Å²) in [6.45, 7) is 25.7. The Kier molecular flexibility index (Phi) is 16.8. The predicted octanol–water partition coefficient (Wildman–Crippen LogP) is 11.2. The van der Waals surface area contributed by atoms with E-state index in [0.29, 0.717) is 55.3 Å². The van der Waals surface area contributed by atoms with Gasteiger partial charge in [0.1, 0.15) is 22.7 Å². The number of benzene rings is 1. The summed E-state index contributed by atoms with van der Waals surface area (Å²) in [5.74, 6) is 3.76. The zero-order valence-corrected chi connectivity index (χ0v) is 43.3. The maximum Gasteiger partial charge on any atom is 0.347 e. The van der Waals surface area contributed by atoms with Crippen molar-refractivity contribution in [3.05, 3.63) is 24.3 Å². The minimum absolute atomic E-state index is 0.0185. The third kappa shape index (κ3) is 13.0. The van der Waals surface area contributed by atoms with Crippen LogP contribution < -0.4 is 4.74 Å². The summed E-state index contributed by atoms with van der Waals surface area (Å²) in [7, 11) is 0. The number of esters is 5. The number of hydrogen-bond acceptors (Lipinski definition) is 12. The zero-order chi connectivity index (χ0) is 50.0. The summed E-state index contributed by atoms with van der Waals surface area (Å²) < 4.78 is 27.0. The van der Waals surface area contributed by atoms with Crippen LogP contribution in [-0.4, -0.2) is 69.6 Å². The molecule has 2 N–H and O–H groups in total. The Morgan fingerprint density at radius 3 is 1.49 bits per heavy atom. The van der Waals surface area contributed by atoms with Gasteiger partial charge in [0, 0.05) is 12.8 Å². The van der Waals surface area contributed by atoms with Crippen LogP contribution in [0.3, 0.4) is 0 Å². The number of carbonyl (C=O) groups is 5. The smallest absolute Gasteiger partial charge is 0.347 e. The number of rotatable bonds is 12. The molecule has 8 bridgehead atoms. The minimum Gasteiger partial charge on any atom is -0.508 e. The zero-order valence-electron chi connectivity index (χ0n) is 43.3. The van der Waals surface area contributed by atoms with Crippen LogP contribution in [0.4, 0.5) is 0 Å². The normalized spacial score (nSPS) is 32.3. The van der Waals surface area contributed by atoms with Gasteiger partial charge in [0.15, 0.2) is 0 Å². The van der Waals surface area contributed by atoms with E-state index in [4.69, 9.17) is 28.8 Å². The fraction of sp³-hybridized carbons (Fsp3) is 0.800. The van der Waals surface area contributed by atoms with Crippen molar-refractivity contribution in [3.8, 4) is 11.5 Å². The number of aliphatic hydroxyl groups is 1. The van der Waals surface area contributed by atoms with Crippen LogP contribution in [-0.2, 0) is 42.9 Å². The second kappa shape index (κ2) is 20.7. The molecule has 0 aromatic heterocycles. The Balaban J connectivity index is 0.000000169. The lowest BCUT2D eigenvalue weighted by atomic mass is 9.50. The molecular weight excluding hydrogens is 853 g/mol. The van der Waals surface area contributed by atoms with E-state index in [2.05, 4.69) is 13.8 Å². The lowest BCUT2D eigenvalue weighted by molar-refractivity contribution is -0.225. The fourth-order valence-electron chi connectivity index (χ4n) is 11.4. The summed E-state index contributed by atoms with van der Waals surface area (Å²) in [6.07, 6.45) is 15.1. The highest BCUT2D eigenvalue weighted by atomic mass is 16.6. The number of phenols is 1. The Hall–Kier alpha value is -3.67. The molecule has 0 spiro atoms. The van der Waals surface area contributed by atoms with Crippen molar-refractivity contribution in [1.82, 2.24) is 0 Å². The second-order valence-electron chi connectivity index (χ2n) is 24.3. The highest BCUT2D eigenvalue weighted by molar-refractivity contribution is 5.83. The van der Waals surface area contributed by atoms with Gasteiger partial charge in [0.25, 0.3) is 0 Å². The van der Waals surface area contributed by atoms with Gasteiger partial charge in [-0.25, -0.2) is 4.79 Å². The van der Waals surface area contributed by atoms with Gasteiger partial charge < -0.3 is 33.9 Å². The first-order chi connectivity index (χ1) is 31.0. The lowest BCUT2D eigenvalue weighted by Gasteiger charge is -2.59. The lowest BCUT2D eigenvalue weighted by Crippen LogP contribution is -2.61. The molecule has 1 aromatic carbocycles. The van der Waals surface area contributed by atoms with E-state index < -0.39 is 33.9 Å². The predicted molar refractivity (Wildman–Crippen MR) is 255 cm³/mol. The largest absolute Gasteiger partial charge is 0.508 e. The average molecular weight is 939 g/mol. The molecule has 10 rings (SSSR count). The van der Waals surface area contributed by atoms with Gasteiger partial charge in [0.2, 0.25) is 6.10 Å². The van der Waals surface area contributed by atoms with E-state index in [-0.39, 0.29) is 46.2 Å². The minimum atomic E-state index is -0.687. The van der Waals surface area contributed by atoms with Crippen LogP contribution in [0.5, 0.6) is 11.5 Å². The standard InChI is InChI=1S/C17H28O2.C16H26O3.C12H16O3.C10H16O4/c1-5-16(2,3)15(18)19-17(4)13-7-11-6-12(9-13)10-14(17)8-11;1-4-14(2,3)13(17)19-16-8-11-5-12(9-16)7-15(18,6-11)10-16;1-4-12(2,3)11(14)15-10-7-5-9(13)6-8-10;1-4-10(2,3)9(12)14-7-5-6-13-8(7)11/h11-14H,5-10H2,1-4H3;11-12,18H,4-10H2,1-3H3;5-8,13H,4H2,1-3H3;7H,4-6H2,1-3H3. The fourth-order valence-corrected chi connectivity index (χ4v) is 11.4. The van der Waals surface area contributed by atoms with Crippen LogP contribution in [0, 0.1) is 57.2 Å². The number of hydrogen-bond donors (Lipinski definition) is 2. The summed E-state index contributed by atoms with van der Waals surface area (Å²) >= 11 is 0. The molecule has 378 valence electrons. The molecule has 0 radical (unpaired) electrons. The molecule has 9 fully saturated rings. The first-order valence-electron chi connectivity index (χ1n) is 25.6. The molecular formula is C55H86O12. The van der Waals surface area contributed by atoms with Crippen molar-refractivity contribution in [2.75, 3.05) is 6.61 Å². The quantitative estimate of drug-likeness (QED) is 0.116. The van der Waals surface area contributed by atoms with Crippen molar-refractivity contribution in [1.29, 1.82) is 0 Å². The van der Waals surface area contributed by atoms with Crippen LogP contribution in [0.25, 0.3) is 0 Å². The number of cyclic esters (lactones) is 1. The van der Waals surface area contributed by atoms with Crippen LogP contribution in [0.1, 0.15) is 193 Å². The first-order valence-corrected chi connectivity index (χ1v) is 25.6. The third-order valence-corrected chi connectivity index (χ3v) is 17.3. The molecule has 12 nitrogen and oxygen atoms in total. The topological polar surface area (TPSA) is 172 Å². The molecule has 1 aromatic rings. The maximum atomic E-state index is 12.5. The van der Waals surface area contributed by atoms with Gasteiger partial charge in [0.05, 0.1) is 33.9 Å². The highest BCUT2D eigenvalue weighted by Gasteiger charge is 2.60. The van der Waals surface area contributed by atoms with Crippen LogP contribution in [0.15, 0.2) is 24.3 Å². The van der Waals surface area contributed by atoms with Gasteiger partial charge in [-0.05, 0) is 212 Å². The summed E-state index contributed by atoms with van der Waals surface area (Å²) in [5, 5.41) is 19.7. The van der Waals surface area contributed by atoms with E-state index in [1.165, 1.54) is 50.7 Å². The molecule has 9 aliphatic rings. The van der Waals surface area contributed by atoms with Gasteiger partial charge in [-0.2, -0.15) is 0 Å². The van der Waals surface area contributed by atoms with E-state index in [1.54, 1.807) is 26.0 Å². The van der Waals surface area contributed by atoms with Gasteiger partial charge in [-0.1, -0.05) is 27.7 Å². The molecule has 0 amide bonds. The van der Waals surface area contributed by atoms with E-state index in [0.717, 1.165) is 56.8 Å². The van der Waals surface area contributed by atoms with E-state index in [9.17, 15) is 29.1 Å². The third-order valence-electron chi connectivity index (χ3n) is 17.3. The summed E-state index contributed by atoms with van der Waals surface area (Å²) in [6, 6.07) is 6.11. The Morgan fingerprint density at radius 1 is 0.627 bits per heavy atom. The molecule has 67 heavy (non-hydrogen) atoms. The Bertz CT molecular complexity index is 1870. The molecule has 1 heterocycles. The Labute approximate surface area is 401 Å². The SMILES string of the molecule is CCC(C)(C)C(=O)OC1(C)C2CC3CC(C2)CC1C3.CCC(C)(C)C(=O)OC12CC3CC(CC(O)(C3)C1)C2.CCC(C)(C)C(=O)OC1CCOC1=O.CCC(C)(C)C(=O)Oc1ccc(O)cc1. The number of phenolic OH excluding ortho intramolecular Hbond substituents is 1. The monoisotopic (exact) mass is 939 g/mol. The van der Waals surface area contributed by atoms with E-state index in [1.807, 2.05) is 62.3 Å². The maximum absolute atomic E-state index is 12.5. The molecule has 8 saturated carbocycles. The Morgan fingerprint density at radius 2 is 1.06 bits per heavy atom. The molecule has 8 aliphatic carbocycles. The van der Waals surface area contributed by atoms with Gasteiger partial charge in [-0.15, -0.1) is 0 Å². The van der Waals surface area contributed by atoms with Crippen molar-refractivity contribution in [2.24, 2.45) is 57.2 Å². The molecule has 1 aliphatic heterocycles. The molecule has 1 saturated heterocycles. The van der Waals surface area contributed by atoms with E-state index >= 15 is 0 Å². The molecule has 12 heteroatoms. The average Bonchev–Trinajstić information content (AvgIpc) is 3.66. The van der Waals surface area contributed by atoms with Crippen LogP contribution in [0.2, 0.25) is 0 Å². The molecule has 3 unspecified atom stereocenters. The second-order valence-corrected chi connectivity index (χ2v) is 24.3. The van der Waals surface area contributed by atoms with Crippen molar-refractivity contribution < 1.29 is 57.9 Å². The van der Waals surface area contributed by atoms with Gasteiger partial charge in [-0.3, -0.25) is 19.2 Å². The van der Waals surface area contributed by atoms with Crippen molar-refractivity contribution >= 4 is 29.8 Å². The number of aromatic hydroxyl groups is 1. The number of carbonyl (C=O) groups excluding carboxylic acids is 5. The molecule has 3 atom stereocenters. The highest BCUT2D eigenvalue weighted by Crippen LogP contribution is 2.61. The first kappa shape index (κ1) is 54.3. The van der Waals surface area contributed by atoms with Crippen molar-refractivity contribution in [2.45, 2.75) is 216 Å². The van der Waals surface area contributed by atoms with Crippen LogP contribution >= 0.6 is 0 Å². The summed E-state index contributed by atoms with van der Waals surface area (Å²) in [4.78, 5) is 59.1. The van der Waals surface area contributed by atoms with Gasteiger partial charge >= 0.3 is 29.8 Å². The number of ether oxygens (including phenoxy) is 5.